The molecule has 0 amide bonds. The molecule has 0 saturated heterocycles. The average molecular weight is 208 g/mol. The fourth-order valence-corrected chi connectivity index (χ4v) is 3.64. The number of thiophene rings is 1. The summed E-state index contributed by atoms with van der Waals surface area (Å²) in [6, 6.07) is 2.27. The van der Waals surface area contributed by atoms with Crippen LogP contribution in [-0.2, 0) is 12.8 Å². The standard InChI is InChI=1S/C12H16OS/c13-12(8-5-6-8)11-7-9-3-1-2-4-10(9)14-11/h7-8,12-13H,1-6H2. The number of hydrogen-bond acceptors (Lipinski definition) is 2. The predicted molar refractivity (Wildman–Crippen MR) is 58.6 cm³/mol. The summed E-state index contributed by atoms with van der Waals surface area (Å²) in [5.74, 6) is 0.579. The summed E-state index contributed by atoms with van der Waals surface area (Å²) in [4.78, 5) is 2.78. The van der Waals surface area contributed by atoms with E-state index in [1.165, 1.54) is 49.0 Å². The monoisotopic (exact) mass is 208 g/mol. The smallest absolute Gasteiger partial charge is 0.0910 e. The van der Waals surface area contributed by atoms with Crippen LogP contribution in [0.4, 0.5) is 0 Å². The lowest BCUT2D eigenvalue weighted by Gasteiger charge is -2.08. The molecule has 0 spiro atoms. The van der Waals surface area contributed by atoms with Gasteiger partial charge in [-0.05, 0) is 56.1 Å². The summed E-state index contributed by atoms with van der Waals surface area (Å²) in [7, 11) is 0. The highest BCUT2D eigenvalue weighted by Gasteiger charge is 2.32. The van der Waals surface area contributed by atoms with Gasteiger partial charge < -0.3 is 5.11 Å². The Hall–Kier alpha value is -0.340. The van der Waals surface area contributed by atoms with E-state index >= 15 is 0 Å². The second kappa shape index (κ2) is 3.35. The van der Waals surface area contributed by atoms with Crippen LogP contribution < -0.4 is 0 Å². The minimum atomic E-state index is -0.148. The molecule has 0 bridgehead atoms. The number of aliphatic hydroxyl groups excluding tert-OH is 1. The van der Waals surface area contributed by atoms with Gasteiger partial charge in [0.15, 0.2) is 0 Å². The van der Waals surface area contributed by atoms with Crippen LogP contribution in [-0.4, -0.2) is 5.11 Å². The van der Waals surface area contributed by atoms with Crippen molar-refractivity contribution >= 4 is 11.3 Å². The molecular formula is C12H16OS. The van der Waals surface area contributed by atoms with Crippen molar-refractivity contribution in [2.75, 3.05) is 0 Å². The van der Waals surface area contributed by atoms with E-state index in [9.17, 15) is 5.11 Å². The number of aryl methyl sites for hydroxylation is 2. The normalized spacial score (nSPS) is 23.2. The van der Waals surface area contributed by atoms with Crippen molar-refractivity contribution in [1.29, 1.82) is 0 Å². The topological polar surface area (TPSA) is 20.2 Å². The zero-order valence-corrected chi connectivity index (χ0v) is 9.15. The van der Waals surface area contributed by atoms with Crippen molar-refractivity contribution < 1.29 is 5.11 Å². The van der Waals surface area contributed by atoms with Gasteiger partial charge in [0, 0.05) is 9.75 Å². The van der Waals surface area contributed by atoms with E-state index < -0.39 is 0 Å². The molecule has 0 aromatic carbocycles. The van der Waals surface area contributed by atoms with E-state index in [-0.39, 0.29) is 6.10 Å². The highest BCUT2D eigenvalue weighted by Crippen LogP contribution is 2.44. The Morgan fingerprint density at radius 1 is 1.29 bits per heavy atom. The largest absolute Gasteiger partial charge is 0.387 e. The molecule has 76 valence electrons. The molecule has 0 radical (unpaired) electrons. The summed E-state index contributed by atoms with van der Waals surface area (Å²) in [6.07, 6.45) is 7.47. The van der Waals surface area contributed by atoms with Crippen LogP contribution >= 0.6 is 11.3 Å². The highest BCUT2D eigenvalue weighted by atomic mass is 32.1. The first-order valence-corrected chi connectivity index (χ1v) is 6.46. The molecule has 1 unspecified atom stereocenters. The van der Waals surface area contributed by atoms with Gasteiger partial charge in [-0.15, -0.1) is 11.3 Å². The third kappa shape index (κ3) is 1.51. The van der Waals surface area contributed by atoms with Crippen molar-refractivity contribution in [3.05, 3.63) is 21.4 Å². The molecule has 1 atom stereocenters. The Morgan fingerprint density at radius 2 is 2.07 bits per heavy atom. The lowest BCUT2D eigenvalue weighted by molar-refractivity contribution is 0.157. The predicted octanol–water partition coefficient (Wildman–Crippen LogP) is 3.07. The van der Waals surface area contributed by atoms with E-state index in [2.05, 4.69) is 6.07 Å². The third-order valence-corrected chi connectivity index (χ3v) is 4.68. The Balaban J connectivity index is 1.87. The molecule has 1 saturated carbocycles. The minimum absolute atomic E-state index is 0.148. The summed E-state index contributed by atoms with van der Waals surface area (Å²) < 4.78 is 0. The van der Waals surface area contributed by atoms with Crippen molar-refractivity contribution in [3.8, 4) is 0 Å². The van der Waals surface area contributed by atoms with Gasteiger partial charge in [0.05, 0.1) is 6.10 Å². The van der Waals surface area contributed by atoms with E-state index in [1.54, 1.807) is 4.88 Å². The molecule has 0 aliphatic heterocycles. The quantitative estimate of drug-likeness (QED) is 0.792. The second-order valence-corrected chi connectivity index (χ2v) is 5.75. The Morgan fingerprint density at radius 3 is 2.79 bits per heavy atom. The summed E-state index contributed by atoms with van der Waals surface area (Å²) in [6.45, 7) is 0. The zero-order chi connectivity index (χ0) is 9.54. The summed E-state index contributed by atoms with van der Waals surface area (Å²) in [5.41, 5.74) is 1.52. The van der Waals surface area contributed by atoms with Crippen molar-refractivity contribution in [1.82, 2.24) is 0 Å². The maximum Gasteiger partial charge on any atom is 0.0910 e. The van der Waals surface area contributed by atoms with Crippen molar-refractivity contribution in [2.45, 2.75) is 44.6 Å². The average Bonchev–Trinajstić information content (AvgIpc) is 2.95. The molecule has 3 rings (SSSR count). The maximum atomic E-state index is 10.0. The first kappa shape index (κ1) is 8.93. The van der Waals surface area contributed by atoms with Crippen LogP contribution in [0.15, 0.2) is 6.07 Å². The molecule has 2 aliphatic rings. The first-order valence-electron chi connectivity index (χ1n) is 5.64. The number of fused-ring (bicyclic) bond motifs is 1. The number of hydrogen-bond donors (Lipinski definition) is 1. The Labute approximate surface area is 88.8 Å². The number of rotatable bonds is 2. The minimum Gasteiger partial charge on any atom is -0.387 e. The lowest BCUT2D eigenvalue weighted by atomic mass is 9.99. The van der Waals surface area contributed by atoms with Gasteiger partial charge >= 0.3 is 0 Å². The molecule has 1 heterocycles. The molecular weight excluding hydrogens is 192 g/mol. The summed E-state index contributed by atoms with van der Waals surface area (Å²) in [5, 5.41) is 10.0. The second-order valence-electron chi connectivity index (χ2n) is 4.59. The van der Waals surface area contributed by atoms with Gasteiger partial charge in [0.25, 0.3) is 0 Å². The molecule has 1 fully saturated rings. The molecule has 14 heavy (non-hydrogen) atoms. The lowest BCUT2D eigenvalue weighted by Crippen LogP contribution is -1.97. The zero-order valence-electron chi connectivity index (χ0n) is 8.33. The van der Waals surface area contributed by atoms with Crippen molar-refractivity contribution in [3.63, 3.8) is 0 Å². The molecule has 1 nitrogen and oxygen atoms in total. The van der Waals surface area contributed by atoms with E-state index in [0.29, 0.717) is 5.92 Å². The van der Waals surface area contributed by atoms with Gasteiger partial charge in [-0.3, -0.25) is 0 Å². The fourth-order valence-electron chi connectivity index (χ4n) is 2.30. The van der Waals surface area contributed by atoms with Crippen LogP contribution in [0.3, 0.4) is 0 Å². The first-order chi connectivity index (χ1) is 6.84. The van der Waals surface area contributed by atoms with Crippen molar-refractivity contribution in [2.24, 2.45) is 5.92 Å². The van der Waals surface area contributed by atoms with E-state index in [4.69, 9.17) is 0 Å². The van der Waals surface area contributed by atoms with E-state index in [1.807, 2.05) is 11.3 Å². The van der Waals surface area contributed by atoms with Gasteiger partial charge in [-0.25, -0.2) is 0 Å². The number of aliphatic hydroxyl groups is 1. The Kier molecular flexibility index (Phi) is 2.14. The SMILES string of the molecule is OC(c1cc2c(s1)CCCC2)C1CC1. The van der Waals surface area contributed by atoms with Gasteiger partial charge in [-0.2, -0.15) is 0 Å². The van der Waals surface area contributed by atoms with E-state index in [0.717, 1.165) is 0 Å². The fraction of sp³-hybridized carbons (Fsp3) is 0.667. The van der Waals surface area contributed by atoms with Gasteiger partial charge in [0.1, 0.15) is 0 Å². The summed E-state index contributed by atoms with van der Waals surface area (Å²) >= 11 is 1.86. The highest BCUT2D eigenvalue weighted by molar-refractivity contribution is 7.12. The van der Waals surface area contributed by atoms with Gasteiger partial charge in [0.2, 0.25) is 0 Å². The molecule has 1 aromatic heterocycles. The van der Waals surface area contributed by atoms with Crippen LogP contribution in [0.1, 0.15) is 47.1 Å². The van der Waals surface area contributed by atoms with Crippen LogP contribution in [0.25, 0.3) is 0 Å². The molecule has 1 N–H and O–H groups in total. The Bertz CT molecular complexity index is 315. The van der Waals surface area contributed by atoms with Crippen LogP contribution in [0.2, 0.25) is 0 Å². The third-order valence-electron chi connectivity index (χ3n) is 3.38. The molecule has 2 aliphatic carbocycles. The van der Waals surface area contributed by atoms with Crippen LogP contribution in [0.5, 0.6) is 0 Å². The van der Waals surface area contributed by atoms with Gasteiger partial charge in [-0.1, -0.05) is 0 Å². The molecule has 2 heteroatoms. The van der Waals surface area contributed by atoms with Crippen LogP contribution in [0, 0.1) is 5.92 Å². The maximum absolute atomic E-state index is 10.0. The molecule has 1 aromatic rings.